The van der Waals surface area contributed by atoms with Gasteiger partial charge < -0.3 is 29.9 Å². The summed E-state index contributed by atoms with van der Waals surface area (Å²) in [5.74, 6) is -1.71. The zero-order valence-corrected chi connectivity index (χ0v) is 14.0. The number of benzene rings is 3. The quantitative estimate of drug-likeness (QED) is 0.530. The van der Waals surface area contributed by atoms with E-state index in [0.29, 0.717) is 21.9 Å². The highest BCUT2D eigenvalue weighted by Crippen LogP contribution is 2.43. The minimum Gasteiger partial charge on any atom is -0.504 e. The van der Waals surface area contributed by atoms with E-state index in [1.165, 1.54) is 50.6 Å². The molecule has 0 saturated carbocycles. The predicted molar refractivity (Wildman–Crippen MR) is 94.4 cm³/mol. The zero-order chi connectivity index (χ0) is 19.0. The third-order valence-corrected chi connectivity index (χ3v) is 4.09. The van der Waals surface area contributed by atoms with Crippen LogP contribution in [0.2, 0.25) is 0 Å². The van der Waals surface area contributed by atoms with Crippen molar-refractivity contribution in [1.29, 1.82) is 0 Å². The minimum absolute atomic E-state index is 0.00333. The maximum absolute atomic E-state index is 11.5. The van der Waals surface area contributed by atoms with Crippen molar-refractivity contribution in [1.82, 2.24) is 0 Å². The fraction of sp³-hybridized carbons (Fsp3) is 0.105. The number of hydrogen-bond acceptors (Lipinski definition) is 6. The molecule has 7 nitrogen and oxygen atoms in total. The van der Waals surface area contributed by atoms with Gasteiger partial charge in [0.2, 0.25) is 5.75 Å². The van der Waals surface area contributed by atoms with E-state index in [-0.39, 0.29) is 34.3 Å². The number of fused-ring (bicyclic) bond motifs is 1. The highest BCUT2D eigenvalue weighted by molar-refractivity contribution is 6.04. The second-order valence-electron chi connectivity index (χ2n) is 5.62. The molecule has 0 bridgehead atoms. The van der Waals surface area contributed by atoms with Gasteiger partial charge in [0.1, 0.15) is 0 Å². The topological polar surface area (TPSA) is 116 Å². The van der Waals surface area contributed by atoms with Crippen LogP contribution in [-0.2, 0) is 0 Å². The van der Waals surface area contributed by atoms with Crippen LogP contribution in [-0.4, -0.2) is 40.6 Å². The molecule has 0 radical (unpaired) electrons. The first-order valence-corrected chi connectivity index (χ1v) is 7.54. The van der Waals surface area contributed by atoms with Gasteiger partial charge in [-0.15, -0.1) is 0 Å². The molecule has 0 spiro atoms. The number of aromatic carboxylic acids is 1. The molecule has 0 atom stereocenters. The fourth-order valence-electron chi connectivity index (χ4n) is 2.80. The molecule has 0 heterocycles. The van der Waals surface area contributed by atoms with Crippen molar-refractivity contribution in [2.45, 2.75) is 0 Å². The third kappa shape index (κ3) is 2.79. The monoisotopic (exact) mass is 356 g/mol. The third-order valence-electron chi connectivity index (χ3n) is 4.09. The smallest absolute Gasteiger partial charge is 0.335 e. The van der Waals surface area contributed by atoms with Gasteiger partial charge in [0.05, 0.1) is 19.8 Å². The van der Waals surface area contributed by atoms with Gasteiger partial charge in [-0.3, -0.25) is 0 Å². The van der Waals surface area contributed by atoms with E-state index in [1.54, 1.807) is 0 Å². The molecular formula is C19H16O7. The highest BCUT2D eigenvalue weighted by atomic mass is 16.5. The Balaban J connectivity index is 2.40. The molecule has 0 aliphatic heterocycles. The number of hydrogen-bond donors (Lipinski definition) is 4. The number of phenolic OH excluding ortho intramolecular Hbond substituents is 3. The average Bonchev–Trinajstić information content (AvgIpc) is 2.62. The molecule has 0 fully saturated rings. The molecule has 134 valence electrons. The van der Waals surface area contributed by atoms with Crippen LogP contribution < -0.4 is 9.47 Å². The number of methoxy groups -OCH3 is 2. The molecule has 0 aliphatic rings. The SMILES string of the molecule is COc1cc(-c2cc(C(=O)O)cc3cc(O)c(O)cc23)cc(OC)c1O. The Morgan fingerprint density at radius 3 is 1.96 bits per heavy atom. The van der Waals surface area contributed by atoms with E-state index >= 15 is 0 Å². The van der Waals surface area contributed by atoms with E-state index in [2.05, 4.69) is 0 Å². The summed E-state index contributed by atoms with van der Waals surface area (Å²) in [7, 11) is 2.77. The lowest BCUT2D eigenvalue weighted by atomic mass is 9.94. The van der Waals surface area contributed by atoms with Gasteiger partial charge in [0.25, 0.3) is 0 Å². The van der Waals surface area contributed by atoms with Crippen LogP contribution in [0.1, 0.15) is 10.4 Å². The Kier molecular flexibility index (Phi) is 4.21. The van der Waals surface area contributed by atoms with Crippen LogP contribution in [0.4, 0.5) is 0 Å². The number of ether oxygens (including phenoxy) is 2. The van der Waals surface area contributed by atoms with Gasteiger partial charge in [-0.2, -0.15) is 0 Å². The van der Waals surface area contributed by atoms with Crippen LogP contribution in [0.3, 0.4) is 0 Å². The Morgan fingerprint density at radius 2 is 1.42 bits per heavy atom. The van der Waals surface area contributed by atoms with Gasteiger partial charge >= 0.3 is 5.97 Å². The first-order chi connectivity index (χ1) is 12.3. The van der Waals surface area contributed by atoms with Crippen LogP contribution in [0.5, 0.6) is 28.7 Å². The zero-order valence-electron chi connectivity index (χ0n) is 14.0. The van der Waals surface area contributed by atoms with Gasteiger partial charge in [-0.25, -0.2) is 4.79 Å². The van der Waals surface area contributed by atoms with Gasteiger partial charge in [-0.05, 0) is 58.3 Å². The second kappa shape index (κ2) is 6.36. The van der Waals surface area contributed by atoms with Crippen molar-refractivity contribution in [3.8, 4) is 39.9 Å². The fourth-order valence-corrected chi connectivity index (χ4v) is 2.80. The number of carbonyl (C=O) groups is 1. The molecule has 3 rings (SSSR count). The molecule has 3 aromatic carbocycles. The van der Waals surface area contributed by atoms with Crippen LogP contribution in [0, 0.1) is 0 Å². The lowest BCUT2D eigenvalue weighted by Gasteiger charge is -2.14. The lowest BCUT2D eigenvalue weighted by Crippen LogP contribution is -1.98. The molecule has 0 aromatic heterocycles. The van der Waals surface area contributed by atoms with Crippen molar-refractivity contribution in [2.24, 2.45) is 0 Å². The van der Waals surface area contributed by atoms with Crippen molar-refractivity contribution in [3.05, 3.63) is 42.0 Å². The van der Waals surface area contributed by atoms with Gasteiger partial charge in [-0.1, -0.05) is 0 Å². The van der Waals surface area contributed by atoms with Crippen LogP contribution in [0.25, 0.3) is 21.9 Å². The van der Waals surface area contributed by atoms with E-state index in [0.717, 1.165) is 0 Å². The van der Waals surface area contributed by atoms with Crippen molar-refractivity contribution in [3.63, 3.8) is 0 Å². The van der Waals surface area contributed by atoms with Crippen molar-refractivity contribution < 1.29 is 34.7 Å². The molecular weight excluding hydrogens is 340 g/mol. The maximum Gasteiger partial charge on any atom is 0.335 e. The number of phenols is 3. The van der Waals surface area contributed by atoms with E-state index < -0.39 is 5.97 Å². The number of aromatic hydroxyl groups is 3. The van der Waals surface area contributed by atoms with Gasteiger partial charge in [0.15, 0.2) is 23.0 Å². The molecule has 0 aliphatic carbocycles. The predicted octanol–water partition coefficient (Wildman–Crippen LogP) is 3.34. The standard InChI is InChI=1S/C19H16O7/c1-25-16-6-10(7-17(26-2)18(16)22)12-4-11(19(23)24)3-9-5-14(20)15(21)8-13(9)12/h3-8,20-22H,1-2H3,(H,23,24). The highest BCUT2D eigenvalue weighted by Gasteiger charge is 2.17. The molecule has 7 heteroatoms. The van der Waals surface area contributed by atoms with E-state index in [9.17, 15) is 25.2 Å². The Labute approximate surface area is 148 Å². The van der Waals surface area contributed by atoms with Crippen LogP contribution >= 0.6 is 0 Å². The summed E-state index contributed by atoms with van der Waals surface area (Å²) in [4.78, 5) is 11.5. The van der Waals surface area contributed by atoms with E-state index in [4.69, 9.17) is 9.47 Å². The first-order valence-electron chi connectivity index (χ1n) is 7.54. The molecule has 26 heavy (non-hydrogen) atoms. The Hall–Kier alpha value is -3.61. The summed E-state index contributed by atoms with van der Waals surface area (Å²) in [6.45, 7) is 0. The number of carboxylic acid groups (broad SMARTS) is 1. The van der Waals surface area contributed by atoms with Crippen LogP contribution in [0.15, 0.2) is 36.4 Å². The Bertz CT molecular complexity index is 999. The van der Waals surface area contributed by atoms with Gasteiger partial charge in [0, 0.05) is 0 Å². The van der Waals surface area contributed by atoms with E-state index in [1.807, 2.05) is 0 Å². The molecule has 0 amide bonds. The van der Waals surface area contributed by atoms with Crippen molar-refractivity contribution >= 4 is 16.7 Å². The molecule has 4 N–H and O–H groups in total. The summed E-state index contributed by atoms with van der Waals surface area (Å²) in [5, 5.41) is 40.0. The lowest BCUT2D eigenvalue weighted by molar-refractivity contribution is 0.0697. The maximum atomic E-state index is 11.5. The largest absolute Gasteiger partial charge is 0.504 e. The molecule has 0 saturated heterocycles. The summed E-state index contributed by atoms with van der Waals surface area (Å²) < 4.78 is 10.3. The first kappa shape index (κ1) is 17.2. The average molecular weight is 356 g/mol. The second-order valence-corrected chi connectivity index (χ2v) is 5.62. The normalized spacial score (nSPS) is 10.7. The summed E-state index contributed by atoms with van der Waals surface area (Å²) >= 11 is 0. The Morgan fingerprint density at radius 1 is 0.846 bits per heavy atom. The number of carboxylic acids is 1. The number of rotatable bonds is 4. The van der Waals surface area contributed by atoms with Crippen molar-refractivity contribution in [2.75, 3.05) is 14.2 Å². The summed E-state index contributed by atoms with van der Waals surface area (Å²) in [6, 6.07) is 8.53. The summed E-state index contributed by atoms with van der Waals surface area (Å²) in [5.41, 5.74) is 0.977. The molecule has 0 unspecified atom stereocenters. The minimum atomic E-state index is -1.14. The molecule has 3 aromatic rings. The summed E-state index contributed by atoms with van der Waals surface area (Å²) in [6.07, 6.45) is 0.